The van der Waals surface area contributed by atoms with Crippen LogP contribution in [0.4, 0.5) is 5.69 Å². The molecule has 1 saturated heterocycles. The van der Waals surface area contributed by atoms with Crippen LogP contribution >= 0.6 is 0 Å². The molecule has 0 bridgehead atoms. The number of carboxylic acids is 1. The number of nitrogens with zero attached hydrogens (tertiary/aromatic N) is 1. The highest BCUT2D eigenvalue weighted by Gasteiger charge is 2.35. The third-order valence-corrected chi connectivity index (χ3v) is 7.19. The molecule has 3 rings (SSSR count). The molecule has 1 aliphatic heterocycles. The summed E-state index contributed by atoms with van der Waals surface area (Å²) in [5.74, 6) is -3.20. The summed E-state index contributed by atoms with van der Waals surface area (Å²) >= 11 is 0. The van der Waals surface area contributed by atoms with Crippen molar-refractivity contribution < 1.29 is 41.7 Å². The minimum absolute atomic E-state index is 0.104. The number of hydrogen-bond donors (Lipinski definition) is 5. The molecule has 5 N–H and O–H groups in total. The molecule has 0 aromatic heterocycles. The molecule has 0 unspecified atom stereocenters. The van der Waals surface area contributed by atoms with E-state index in [0.29, 0.717) is 9.87 Å². The van der Waals surface area contributed by atoms with Crippen molar-refractivity contribution in [1.82, 2.24) is 9.44 Å². The second-order valence-electron chi connectivity index (χ2n) is 6.49. The van der Waals surface area contributed by atoms with Gasteiger partial charge < -0.3 is 15.3 Å². The van der Waals surface area contributed by atoms with Gasteiger partial charge in [-0.25, -0.2) is 27.0 Å². The van der Waals surface area contributed by atoms with E-state index in [9.17, 15) is 36.6 Å². The van der Waals surface area contributed by atoms with Gasteiger partial charge in [0.15, 0.2) is 0 Å². The van der Waals surface area contributed by atoms with E-state index in [0.717, 1.165) is 18.2 Å². The van der Waals surface area contributed by atoms with Crippen LogP contribution in [0, 0.1) is 0 Å². The van der Waals surface area contributed by atoms with Crippen LogP contribution in [0.5, 0.6) is 11.5 Å². The maximum Gasteiger partial charge on any atom is 0.339 e. The van der Waals surface area contributed by atoms with E-state index in [-0.39, 0.29) is 23.5 Å². The molecule has 1 aliphatic rings. The molecular weight excluding hydrogens is 454 g/mol. The average molecular weight is 471 g/mol. The molecule has 0 spiro atoms. The van der Waals surface area contributed by atoms with Crippen LogP contribution in [0.3, 0.4) is 0 Å². The maximum atomic E-state index is 12.4. The number of anilines is 1. The number of sulfonamides is 1. The van der Waals surface area contributed by atoms with Crippen molar-refractivity contribution in [3.8, 4) is 11.5 Å². The number of amides is 1. The summed E-state index contributed by atoms with van der Waals surface area (Å²) in [5.41, 5.74) is -0.196. The molecule has 2 aromatic carbocycles. The van der Waals surface area contributed by atoms with Gasteiger partial charge in [0.05, 0.1) is 10.6 Å². The quantitative estimate of drug-likeness (QED) is 0.354. The van der Waals surface area contributed by atoms with E-state index >= 15 is 0 Å². The lowest BCUT2D eigenvalue weighted by Gasteiger charge is -2.16. The molecule has 14 heteroatoms. The second-order valence-corrected chi connectivity index (χ2v) is 9.85. The first-order chi connectivity index (χ1) is 14.4. The van der Waals surface area contributed by atoms with Gasteiger partial charge in [0.1, 0.15) is 23.6 Å². The molecule has 0 saturated carbocycles. The van der Waals surface area contributed by atoms with E-state index in [1.165, 1.54) is 18.2 Å². The lowest BCUT2D eigenvalue weighted by molar-refractivity contribution is -0.117. The first-order valence-corrected chi connectivity index (χ1v) is 11.5. The van der Waals surface area contributed by atoms with Crippen LogP contribution in [0.2, 0.25) is 0 Å². The summed E-state index contributed by atoms with van der Waals surface area (Å²) in [6.07, 6.45) is 0.112. The lowest BCUT2D eigenvalue weighted by atomic mass is 10.1. The topological polar surface area (TPSA) is 190 Å². The Balaban J connectivity index is 1.70. The Hall–Kier alpha value is -3.36. The summed E-state index contributed by atoms with van der Waals surface area (Å²) in [6.45, 7) is -0.591. The molecule has 1 heterocycles. The van der Waals surface area contributed by atoms with Crippen molar-refractivity contribution >= 4 is 37.8 Å². The SMILES string of the molecule is O=C1CN(c2ccc(CCNS(=O)(=O)c3ccc(O)c(C(=O)O)c3)cc2O)S(=O)(=O)N1. The molecule has 1 amide bonds. The van der Waals surface area contributed by atoms with Crippen LogP contribution in [0.15, 0.2) is 41.3 Å². The molecule has 1 fully saturated rings. The number of phenols is 2. The third kappa shape index (κ3) is 4.70. The molecule has 0 atom stereocenters. The number of benzene rings is 2. The number of rotatable bonds is 7. The number of nitrogens with one attached hydrogen (secondary N) is 2. The van der Waals surface area contributed by atoms with Crippen molar-refractivity contribution in [1.29, 1.82) is 0 Å². The smallest absolute Gasteiger partial charge is 0.339 e. The minimum Gasteiger partial charge on any atom is -0.507 e. The molecular formula is C17H17N3O9S2. The van der Waals surface area contributed by atoms with Crippen LogP contribution in [-0.2, 0) is 31.4 Å². The van der Waals surface area contributed by atoms with Crippen molar-refractivity contribution in [2.75, 3.05) is 17.4 Å². The van der Waals surface area contributed by atoms with Gasteiger partial charge >= 0.3 is 16.2 Å². The molecule has 12 nitrogen and oxygen atoms in total. The molecule has 166 valence electrons. The standard InChI is InChI=1S/C17H17N3O9S2/c21-14-4-2-11(8-12(14)17(24)25)30(26,27)18-6-5-10-1-3-13(15(22)7-10)20-9-16(23)19-31(20,28)29/h1-4,7-8,18,21-22H,5-6,9H2,(H,19,23)(H,24,25). The number of carboxylic acid groups (broad SMARTS) is 1. The van der Waals surface area contributed by atoms with Crippen LogP contribution in [-0.4, -0.2) is 57.1 Å². The van der Waals surface area contributed by atoms with Gasteiger partial charge in [-0.1, -0.05) is 6.07 Å². The fourth-order valence-electron chi connectivity index (χ4n) is 2.86. The van der Waals surface area contributed by atoms with Gasteiger partial charge in [-0.2, -0.15) is 8.42 Å². The summed E-state index contributed by atoms with van der Waals surface area (Å²) in [7, 11) is -8.16. The zero-order chi connectivity index (χ0) is 23.0. The van der Waals surface area contributed by atoms with E-state index in [2.05, 4.69) is 4.72 Å². The molecule has 0 aliphatic carbocycles. The Morgan fingerprint density at radius 2 is 1.84 bits per heavy atom. The average Bonchev–Trinajstić information content (AvgIpc) is 2.93. The Kier molecular flexibility index (Phi) is 5.80. The summed E-state index contributed by atoms with van der Waals surface area (Å²) in [6, 6.07) is 6.83. The predicted molar refractivity (Wildman–Crippen MR) is 106 cm³/mol. The van der Waals surface area contributed by atoms with Gasteiger partial charge in [-0.3, -0.25) is 4.79 Å². The van der Waals surface area contributed by atoms with Gasteiger partial charge in [-0.15, -0.1) is 0 Å². The Labute approximate surface area is 177 Å². The largest absolute Gasteiger partial charge is 0.507 e. The molecule has 0 radical (unpaired) electrons. The molecule has 31 heavy (non-hydrogen) atoms. The van der Waals surface area contributed by atoms with Crippen molar-refractivity contribution in [3.63, 3.8) is 0 Å². The number of phenolic OH excluding ortho intramolecular Hbond substituents is 1. The van der Waals surface area contributed by atoms with Crippen LogP contribution < -0.4 is 13.7 Å². The number of aromatic carboxylic acids is 1. The Morgan fingerprint density at radius 1 is 1.13 bits per heavy atom. The predicted octanol–water partition coefficient (Wildman–Crippen LogP) is -0.502. The number of carbonyl (C=O) groups excluding carboxylic acids is 1. The van der Waals surface area contributed by atoms with Gasteiger partial charge in [0, 0.05) is 6.54 Å². The molecule has 2 aromatic rings. The zero-order valence-corrected chi connectivity index (χ0v) is 17.3. The summed E-state index contributed by atoms with van der Waals surface area (Å²) < 4.78 is 53.2. The van der Waals surface area contributed by atoms with E-state index in [4.69, 9.17) is 5.11 Å². The number of aromatic hydroxyl groups is 2. The van der Waals surface area contributed by atoms with Gasteiger partial charge in [-0.05, 0) is 42.3 Å². The van der Waals surface area contributed by atoms with Gasteiger partial charge in [0.25, 0.3) is 5.91 Å². The Bertz CT molecular complexity index is 1270. The third-order valence-electron chi connectivity index (χ3n) is 4.34. The highest BCUT2D eigenvalue weighted by molar-refractivity contribution is 7.92. The first-order valence-electron chi connectivity index (χ1n) is 8.62. The lowest BCUT2D eigenvalue weighted by Crippen LogP contribution is -2.29. The highest BCUT2D eigenvalue weighted by atomic mass is 32.2. The Morgan fingerprint density at radius 3 is 2.42 bits per heavy atom. The van der Waals surface area contributed by atoms with Gasteiger partial charge in [0.2, 0.25) is 10.0 Å². The zero-order valence-electron chi connectivity index (χ0n) is 15.6. The number of carbonyl (C=O) groups is 2. The highest BCUT2D eigenvalue weighted by Crippen LogP contribution is 2.31. The number of hydrogen-bond acceptors (Lipinski definition) is 8. The first kappa shape index (κ1) is 22.3. The summed E-state index contributed by atoms with van der Waals surface area (Å²) in [5, 5.41) is 28.6. The van der Waals surface area contributed by atoms with E-state index in [1.807, 2.05) is 0 Å². The fraction of sp³-hybridized carbons (Fsp3) is 0.176. The van der Waals surface area contributed by atoms with Crippen molar-refractivity contribution in [2.24, 2.45) is 0 Å². The monoisotopic (exact) mass is 471 g/mol. The van der Waals surface area contributed by atoms with Crippen LogP contribution in [0.1, 0.15) is 15.9 Å². The van der Waals surface area contributed by atoms with E-state index in [1.54, 1.807) is 4.72 Å². The second kappa shape index (κ2) is 8.05. The van der Waals surface area contributed by atoms with E-state index < -0.39 is 55.7 Å². The van der Waals surface area contributed by atoms with Crippen LogP contribution in [0.25, 0.3) is 0 Å². The van der Waals surface area contributed by atoms with Crippen molar-refractivity contribution in [2.45, 2.75) is 11.3 Å². The normalized spacial score (nSPS) is 15.6. The fourth-order valence-corrected chi connectivity index (χ4v) is 5.08. The minimum atomic E-state index is -4.08. The van der Waals surface area contributed by atoms with Crippen molar-refractivity contribution in [3.05, 3.63) is 47.5 Å². The summed E-state index contributed by atoms with van der Waals surface area (Å²) in [4.78, 5) is 22.0. The maximum absolute atomic E-state index is 12.4.